The first-order chi connectivity index (χ1) is 14.9. The molecule has 1 atom stereocenters. The number of benzene rings is 1. The van der Waals surface area contributed by atoms with Crippen LogP contribution in [0.25, 0.3) is 15.9 Å². The number of ether oxygens (including phenoxy) is 1. The van der Waals surface area contributed by atoms with Crippen LogP contribution >= 0.6 is 23.1 Å². The monoisotopic (exact) mass is 459 g/mol. The Labute approximate surface area is 191 Å². The van der Waals surface area contributed by atoms with E-state index < -0.39 is 0 Å². The van der Waals surface area contributed by atoms with Gasteiger partial charge in [-0.2, -0.15) is 0 Å². The van der Waals surface area contributed by atoms with Crippen LogP contribution in [0, 0.1) is 6.92 Å². The molecule has 6 nitrogen and oxygen atoms in total. The molecule has 0 aliphatic rings. The molecule has 0 fully saturated rings. The van der Waals surface area contributed by atoms with Gasteiger partial charge in [0.15, 0.2) is 5.16 Å². The van der Waals surface area contributed by atoms with Crippen molar-refractivity contribution in [1.29, 1.82) is 0 Å². The average molecular weight is 460 g/mol. The van der Waals surface area contributed by atoms with Gasteiger partial charge in [0.25, 0.3) is 5.56 Å². The topological polar surface area (TPSA) is 73.2 Å². The van der Waals surface area contributed by atoms with Gasteiger partial charge < -0.3 is 10.1 Å². The number of aryl methyl sites for hydroxylation is 2. The summed E-state index contributed by atoms with van der Waals surface area (Å²) in [5.74, 6) is 0.790. The number of aromatic nitrogens is 2. The second-order valence-corrected chi connectivity index (χ2v) is 9.49. The maximum atomic E-state index is 13.6. The van der Waals surface area contributed by atoms with Crippen LogP contribution in [0.1, 0.15) is 44.1 Å². The molecule has 3 rings (SSSR count). The highest BCUT2D eigenvalue weighted by Crippen LogP contribution is 2.31. The lowest BCUT2D eigenvalue weighted by Gasteiger charge is -2.15. The van der Waals surface area contributed by atoms with E-state index in [1.807, 2.05) is 38.1 Å². The Morgan fingerprint density at radius 3 is 2.81 bits per heavy atom. The summed E-state index contributed by atoms with van der Waals surface area (Å²) in [6.07, 6.45) is 2.80. The minimum absolute atomic E-state index is 0.0610. The van der Waals surface area contributed by atoms with Crippen LogP contribution in [0.5, 0.6) is 5.75 Å². The van der Waals surface area contributed by atoms with Crippen molar-refractivity contribution in [1.82, 2.24) is 14.9 Å². The van der Waals surface area contributed by atoms with Crippen LogP contribution in [0.3, 0.4) is 0 Å². The molecule has 0 unspecified atom stereocenters. The molecular weight excluding hydrogens is 430 g/mol. The number of carbonyl (C=O) groups excluding carboxylic acids is 1. The van der Waals surface area contributed by atoms with E-state index >= 15 is 0 Å². The Bertz CT molecular complexity index is 1140. The standard InChI is InChI=1S/C23H29N3O3S2/c1-6-9-14(3)24-19(27)13-30-23-25-21-20(15(4)18(7-2)31-21)22(28)26(23)16-10-8-11-17(12-16)29-5/h8,10-12,14H,6-7,9,13H2,1-5H3,(H,24,27)/t14-/m1/s1. The normalized spacial score (nSPS) is 12.2. The summed E-state index contributed by atoms with van der Waals surface area (Å²) in [5.41, 5.74) is 1.54. The third-order valence-corrected chi connectivity index (χ3v) is 7.40. The van der Waals surface area contributed by atoms with Crippen LogP contribution < -0.4 is 15.6 Å². The summed E-state index contributed by atoms with van der Waals surface area (Å²) in [4.78, 5) is 32.7. The molecule has 0 aliphatic heterocycles. The molecule has 8 heteroatoms. The van der Waals surface area contributed by atoms with Crippen molar-refractivity contribution in [2.24, 2.45) is 0 Å². The first-order valence-corrected chi connectivity index (χ1v) is 12.3. The van der Waals surface area contributed by atoms with Crippen LogP contribution in [0.2, 0.25) is 0 Å². The molecule has 3 aromatic rings. The Balaban J connectivity index is 2.06. The fourth-order valence-electron chi connectivity index (χ4n) is 3.57. The number of nitrogens with one attached hydrogen (secondary N) is 1. The highest BCUT2D eigenvalue weighted by molar-refractivity contribution is 7.99. The molecule has 0 saturated carbocycles. The van der Waals surface area contributed by atoms with E-state index in [1.54, 1.807) is 23.0 Å². The van der Waals surface area contributed by atoms with Gasteiger partial charge in [0, 0.05) is 17.0 Å². The van der Waals surface area contributed by atoms with Gasteiger partial charge in [-0.15, -0.1) is 11.3 Å². The molecule has 166 valence electrons. The molecule has 31 heavy (non-hydrogen) atoms. The number of thiophene rings is 1. The van der Waals surface area contributed by atoms with Crippen molar-refractivity contribution in [3.8, 4) is 11.4 Å². The maximum Gasteiger partial charge on any atom is 0.267 e. The molecular formula is C23H29N3O3S2. The van der Waals surface area contributed by atoms with Gasteiger partial charge in [0.2, 0.25) is 5.91 Å². The fourth-order valence-corrected chi connectivity index (χ4v) is 5.56. The lowest BCUT2D eigenvalue weighted by atomic mass is 10.2. The van der Waals surface area contributed by atoms with E-state index in [2.05, 4.69) is 19.2 Å². The van der Waals surface area contributed by atoms with E-state index in [0.717, 1.165) is 34.5 Å². The van der Waals surface area contributed by atoms with Crippen molar-refractivity contribution < 1.29 is 9.53 Å². The molecule has 1 N–H and O–H groups in total. The zero-order valence-electron chi connectivity index (χ0n) is 18.7. The predicted molar refractivity (Wildman–Crippen MR) is 129 cm³/mol. The Morgan fingerprint density at radius 1 is 1.35 bits per heavy atom. The quantitative estimate of drug-likeness (QED) is 0.370. The van der Waals surface area contributed by atoms with Crippen LogP contribution in [0.15, 0.2) is 34.2 Å². The van der Waals surface area contributed by atoms with Crippen molar-refractivity contribution in [2.75, 3.05) is 12.9 Å². The number of rotatable bonds is 9. The Kier molecular flexibility index (Phi) is 7.78. The molecule has 2 aromatic heterocycles. The molecule has 0 spiro atoms. The largest absolute Gasteiger partial charge is 0.497 e. The lowest BCUT2D eigenvalue weighted by Crippen LogP contribution is -2.34. The number of hydrogen-bond donors (Lipinski definition) is 1. The minimum atomic E-state index is -0.117. The predicted octanol–water partition coefficient (Wildman–Crippen LogP) is 4.72. The van der Waals surface area contributed by atoms with Crippen molar-refractivity contribution in [3.63, 3.8) is 0 Å². The minimum Gasteiger partial charge on any atom is -0.497 e. The van der Waals surface area contributed by atoms with Gasteiger partial charge in [0.1, 0.15) is 10.6 Å². The number of methoxy groups -OCH3 is 1. The van der Waals surface area contributed by atoms with E-state index in [1.165, 1.54) is 11.8 Å². The van der Waals surface area contributed by atoms with Crippen LogP contribution in [-0.4, -0.2) is 34.4 Å². The van der Waals surface area contributed by atoms with E-state index in [0.29, 0.717) is 22.0 Å². The van der Waals surface area contributed by atoms with Crippen molar-refractivity contribution >= 4 is 39.2 Å². The Hall–Kier alpha value is -2.32. The summed E-state index contributed by atoms with van der Waals surface area (Å²) in [7, 11) is 1.59. The van der Waals surface area contributed by atoms with Gasteiger partial charge in [0.05, 0.1) is 23.9 Å². The maximum absolute atomic E-state index is 13.6. The van der Waals surface area contributed by atoms with Gasteiger partial charge in [-0.1, -0.05) is 38.1 Å². The van der Waals surface area contributed by atoms with Crippen LogP contribution in [0.4, 0.5) is 0 Å². The molecule has 0 radical (unpaired) electrons. The van der Waals surface area contributed by atoms with Gasteiger partial charge in [-0.25, -0.2) is 4.98 Å². The second-order valence-electron chi connectivity index (χ2n) is 7.47. The van der Waals surface area contributed by atoms with Crippen molar-refractivity contribution in [3.05, 3.63) is 45.1 Å². The summed E-state index contributed by atoms with van der Waals surface area (Å²) < 4.78 is 6.94. The fraction of sp³-hybridized carbons (Fsp3) is 0.435. The first kappa shape index (κ1) is 23.3. The number of amides is 1. The first-order valence-electron chi connectivity index (χ1n) is 10.5. The molecule has 0 aliphatic carbocycles. The molecule has 0 bridgehead atoms. The van der Waals surface area contributed by atoms with E-state index in [9.17, 15) is 9.59 Å². The zero-order chi connectivity index (χ0) is 22.5. The average Bonchev–Trinajstić information content (AvgIpc) is 3.08. The highest BCUT2D eigenvalue weighted by Gasteiger charge is 2.20. The van der Waals surface area contributed by atoms with Crippen LogP contribution in [-0.2, 0) is 11.2 Å². The molecule has 0 saturated heterocycles. The number of carbonyl (C=O) groups is 1. The molecule has 1 amide bonds. The SMILES string of the molecule is CCC[C@@H](C)NC(=O)CSc1nc2sc(CC)c(C)c2c(=O)n1-c1cccc(OC)c1. The summed E-state index contributed by atoms with van der Waals surface area (Å²) in [5, 5.41) is 4.17. The number of thioether (sulfide) groups is 1. The second kappa shape index (κ2) is 10.3. The number of hydrogen-bond acceptors (Lipinski definition) is 6. The zero-order valence-corrected chi connectivity index (χ0v) is 20.3. The third-order valence-electron chi connectivity index (χ3n) is 5.13. The Morgan fingerprint density at radius 2 is 2.13 bits per heavy atom. The summed E-state index contributed by atoms with van der Waals surface area (Å²) in [6, 6.07) is 7.47. The van der Waals surface area contributed by atoms with Gasteiger partial charge in [-0.05, 0) is 44.4 Å². The van der Waals surface area contributed by atoms with Gasteiger partial charge >= 0.3 is 0 Å². The number of fused-ring (bicyclic) bond motifs is 1. The molecule has 2 heterocycles. The lowest BCUT2D eigenvalue weighted by molar-refractivity contribution is -0.119. The summed E-state index contributed by atoms with van der Waals surface area (Å²) >= 11 is 2.83. The molecule has 1 aromatic carbocycles. The highest BCUT2D eigenvalue weighted by atomic mass is 32.2. The number of nitrogens with zero attached hydrogens (tertiary/aromatic N) is 2. The van der Waals surface area contributed by atoms with Gasteiger partial charge in [-0.3, -0.25) is 14.2 Å². The third kappa shape index (κ3) is 5.13. The van der Waals surface area contributed by atoms with E-state index in [-0.39, 0.29) is 23.3 Å². The van der Waals surface area contributed by atoms with E-state index in [4.69, 9.17) is 9.72 Å². The smallest absolute Gasteiger partial charge is 0.267 e. The van der Waals surface area contributed by atoms with Crippen molar-refractivity contribution in [2.45, 2.75) is 58.2 Å². The summed E-state index contributed by atoms with van der Waals surface area (Å²) in [6.45, 7) is 8.15.